The summed E-state index contributed by atoms with van der Waals surface area (Å²) in [6.07, 6.45) is -7.90. The van der Waals surface area contributed by atoms with Gasteiger partial charge in [0.1, 0.15) is 37.1 Å². The van der Waals surface area contributed by atoms with Crippen molar-refractivity contribution >= 4 is 23.9 Å². The minimum atomic E-state index is -1.62. The number of carbonyl (C=O) groups is 4. The van der Waals surface area contributed by atoms with Gasteiger partial charge in [-0.05, 0) is 6.42 Å². The maximum atomic E-state index is 12.0. The van der Waals surface area contributed by atoms with Gasteiger partial charge >= 0.3 is 23.9 Å². The molecule has 0 saturated carbocycles. The van der Waals surface area contributed by atoms with E-state index in [9.17, 15) is 34.5 Å². The molecule has 2 heterocycles. The van der Waals surface area contributed by atoms with Crippen molar-refractivity contribution in [3.63, 3.8) is 0 Å². The molecule has 0 spiro atoms. The molecule has 0 amide bonds. The summed E-state index contributed by atoms with van der Waals surface area (Å²) >= 11 is 0. The standard InChI is InChI=1S/C28H46O15/c1-6-7-8-9-10-11-12-36-27-23(35)22(34)21(33)19(42-27)13-38-28-26(41-18(5)32)25(40-17(4)31)24(43-28)20(39-16(3)30)14-37-15(2)29/h19-28,33-35H,6-14H2,1-5H3/t19-,20-,21-,22+,23-,24+,25+,26-,27+,28-/m1/s1. The average molecular weight is 623 g/mol. The molecule has 10 atom stereocenters. The first-order valence-electron chi connectivity index (χ1n) is 14.6. The quantitative estimate of drug-likeness (QED) is 0.113. The Hall–Kier alpha value is -2.40. The molecule has 3 N–H and O–H groups in total. The molecule has 0 aromatic carbocycles. The summed E-state index contributed by atoms with van der Waals surface area (Å²) in [5.41, 5.74) is 0. The fourth-order valence-electron chi connectivity index (χ4n) is 4.80. The van der Waals surface area contributed by atoms with Crippen molar-refractivity contribution in [2.75, 3.05) is 19.8 Å². The van der Waals surface area contributed by atoms with Crippen LogP contribution < -0.4 is 0 Å². The second-order valence-corrected chi connectivity index (χ2v) is 10.6. The molecule has 248 valence electrons. The lowest BCUT2D eigenvalue weighted by Gasteiger charge is -2.40. The highest BCUT2D eigenvalue weighted by atomic mass is 16.8. The van der Waals surface area contributed by atoms with Crippen LogP contribution in [0, 0.1) is 0 Å². The summed E-state index contributed by atoms with van der Waals surface area (Å²) in [7, 11) is 0. The minimum absolute atomic E-state index is 0.260. The number of rotatable bonds is 17. The van der Waals surface area contributed by atoms with Crippen LogP contribution in [0.25, 0.3) is 0 Å². The van der Waals surface area contributed by atoms with Gasteiger partial charge in [0.15, 0.2) is 30.9 Å². The highest BCUT2D eigenvalue weighted by Crippen LogP contribution is 2.32. The van der Waals surface area contributed by atoms with Crippen molar-refractivity contribution in [3.05, 3.63) is 0 Å². The van der Waals surface area contributed by atoms with E-state index in [-0.39, 0.29) is 6.61 Å². The van der Waals surface area contributed by atoms with Crippen molar-refractivity contribution in [1.29, 1.82) is 0 Å². The van der Waals surface area contributed by atoms with Crippen LogP contribution in [-0.2, 0) is 57.1 Å². The van der Waals surface area contributed by atoms with Gasteiger partial charge in [-0.2, -0.15) is 0 Å². The fraction of sp³-hybridized carbons (Fsp3) is 0.857. The molecule has 0 aliphatic carbocycles. The molecule has 15 heteroatoms. The molecular formula is C28H46O15. The van der Waals surface area contributed by atoms with Crippen LogP contribution in [0.4, 0.5) is 0 Å². The Morgan fingerprint density at radius 2 is 1.33 bits per heavy atom. The average Bonchev–Trinajstić information content (AvgIpc) is 3.24. The predicted molar refractivity (Wildman–Crippen MR) is 144 cm³/mol. The SMILES string of the molecule is CCCCCCCCO[C@H]1O[C@H](CO[C@@H]2O[C@@H]([C@@H](COC(C)=O)OC(C)=O)[C@H](OC(C)=O)[C@H]2OC(C)=O)[C@@H](O)[C@H](O)[C@H]1O. The Morgan fingerprint density at radius 1 is 0.698 bits per heavy atom. The van der Waals surface area contributed by atoms with E-state index in [4.69, 9.17) is 37.9 Å². The number of aliphatic hydroxyl groups is 3. The van der Waals surface area contributed by atoms with Crippen LogP contribution >= 0.6 is 0 Å². The smallest absolute Gasteiger partial charge is 0.303 e. The summed E-state index contributed by atoms with van der Waals surface area (Å²) in [5, 5.41) is 31.4. The first kappa shape index (κ1) is 36.8. The Morgan fingerprint density at radius 3 is 1.93 bits per heavy atom. The second kappa shape index (κ2) is 18.4. The molecule has 0 radical (unpaired) electrons. The van der Waals surface area contributed by atoms with Gasteiger partial charge in [0.05, 0.1) is 6.61 Å². The monoisotopic (exact) mass is 622 g/mol. The third kappa shape index (κ3) is 11.9. The van der Waals surface area contributed by atoms with Crippen LogP contribution in [0.3, 0.4) is 0 Å². The van der Waals surface area contributed by atoms with E-state index in [1.54, 1.807) is 0 Å². The fourth-order valence-corrected chi connectivity index (χ4v) is 4.80. The van der Waals surface area contributed by atoms with Gasteiger partial charge in [0.2, 0.25) is 0 Å². The summed E-state index contributed by atoms with van der Waals surface area (Å²) in [5.74, 6) is -2.99. The van der Waals surface area contributed by atoms with Gasteiger partial charge < -0.3 is 53.2 Å². The van der Waals surface area contributed by atoms with Crippen LogP contribution in [0.2, 0.25) is 0 Å². The largest absolute Gasteiger partial charge is 0.462 e. The summed E-state index contributed by atoms with van der Waals surface area (Å²) in [6, 6.07) is 0. The number of carbonyl (C=O) groups excluding carboxylic acids is 4. The van der Waals surface area contributed by atoms with Crippen LogP contribution in [-0.4, -0.2) is 120 Å². The highest BCUT2D eigenvalue weighted by molar-refractivity contribution is 5.68. The lowest BCUT2D eigenvalue weighted by Crippen LogP contribution is -2.59. The molecule has 2 rings (SSSR count). The Balaban J connectivity index is 2.15. The van der Waals surface area contributed by atoms with Gasteiger partial charge in [-0.15, -0.1) is 0 Å². The molecule has 0 unspecified atom stereocenters. The van der Waals surface area contributed by atoms with Crippen molar-refractivity contribution in [1.82, 2.24) is 0 Å². The van der Waals surface area contributed by atoms with Crippen molar-refractivity contribution < 1.29 is 72.4 Å². The molecule has 0 bridgehead atoms. The predicted octanol–water partition coefficient (Wildman–Crippen LogP) is 0.271. The number of hydrogen-bond donors (Lipinski definition) is 3. The first-order chi connectivity index (χ1) is 20.3. The Kier molecular flexibility index (Phi) is 15.8. The third-order valence-electron chi connectivity index (χ3n) is 6.82. The zero-order valence-electron chi connectivity index (χ0n) is 25.4. The zero-order chi connectivity index (χ0) is 32.1. The van der Waals surface area contributed by atoms with Gasteiger partial charge in [-0.3, -0.25) is 19.2 Å². The topological polar surface area (TPSA) is 203 Å². The van der Waals surface area contributed by atoms with Crippen molar-refractivity contribution in [2.45, 2.75) is 135 Å². The highest BCUT2D eigenvalue weighted by Gasteiger charge is 2.55. The van der Waals surface area contributed by atoms with Crippen LogP contribution in [0.5, 0.6) is 0 Å². The maximum Gasteiger partial charge on any atom is 0.303 e. The molecule has 15 nitrogen and oxygen atoms in total. The summed E-state index contributed by atoms with van der Waals surface area (Å²) in [6.45, 7) is 5.93. The summed E-state index contributed by atoms with van der Waals surface area (Å²) in [4.78, 5) is 47.1. The molecule has 0 aromatic rings. The first-order valence-corrected chi connectivity index (χ1v) is 14.6. The lowest BCUT2D eigenvalue weighted by molar-refractivity contribution is -0.310. The second-order valence-electron chi connectivity index (χ2n) is 10.6. The van der Waals surface area contributed by atoms with Gasteiger partial charge in [0.25, 0.3) is 0 Å². The molecule has 43 heavy (non-hydrogen) atoms. The van der Waals surface area contributed by atoms with Crippen LogP contribution in [0.15, 0.2) is 0 Å². The number of unbranched alkanes of at least 4 members (excludes halogenated alkanes) is 5. The minimum Gasteiger partial charge on any atom is -0.462 e. The van der Waals surface area contributed by atoms with E-state index in [2.05, 4.69) is 6.92 Å². The summed E-state index contributed by atoms with van der Waals surface area (Å²) < 4.78 is 44.0. The number of hydrogen-bond acceptors (Lipinski definition) is 15. The third-order valence-corrected chi connectivity index (χ3v) is 6.82. The van der Waals surface area contributed by atoms with E-state index >= 15 is 0 Å². The van der Waals surface area contributed by atoms with Crippen molar-refractivity contribution in [3.8, 4) is 0 Å². The van der Waals surface area contributed by atoms with E-state index in [0.29, 0.717) is 6.42 Å². The molecule has 0 aromatic heterocycles. The normalized spacial score (nSPS) is 31.2. The number of ether oxygens (including phenoxy) is 8. The van der Waals surface area contributed by atoms with Crippen LogP contribution in [0.1, 0.15) is 73.1 Å². The Bertz CT molecular complexity index is 897. The Labute approximate surface area is 251 Å². The van der Waals surface area contributed by atoms with Gasteiger partial charge in [0, 0.05) is 34.3 Å². The van der Waals surface area contributed by atoms with E-state index in [1.165, 1.54) is 0 Å². The van der Waals surface area contributed by atoms with Crippen molar-refractivity contribution in [2.24, 2.45) is 0 Å². The lowest BCUT2D eigenvalue weighted by atomic mass is 9.99. The number of esters is 4. The molecule has 2 aliphatic heterocycles. The molecular weight excluding hydrogens is 576 g/mol. The van der Waals surface area contributed by atoms with Gasteiger partial charge in [-0.25, -0.2) is 0 Å². The van der Waals surface area contributed by atoms with E-state index in [0.717, 1.165) is 59.8 Å². The van der Waals surface area contributed by atoms with Gasteiger partial charge in [-0.1, -0.05) is 39.0 Å². The zero-order valence-corrected chi connectivity index (χ0v) is 25.4. The van der Waals surface area contributed by atoms with E-state index < -0.39 is 98.5 Å². The maximum absolute atomic E-state index is 12.0. The molecule has 2 fully saturated rings. The van der Waals surface area contributed by atoms with E-state index in [1.807, 2.05) is 0 Å². The number of aliphatic hydroxyl groups excluding tert-OH is 3. The molecule has 2 saturated heterocycles. The molecule has 2 aliphatic rings.